The van der Waals surface area contributed by atoms with Crippen molar-refractivity contribution in [3.63, 3.8) is 0 Å². The fraction of sp³-hybridized carbons (Fsp3) is 0.500. The van der Waals surface area contributed by atoms with Crippen molar-refractivity contribution in [2.24, 2.45) is 0 Å². The van der Waals surface area contributed by atoms with Gasteiger partial charge in [-0.2, -0.15) is 0 Å². The standard InChI is InChI=1S/C12H19FN2O2S/c1-2-3-4-5-8-15-18(16,17)12-7-6-10(14)9-11(12)13/h6-7,9,15H,2-5,8,14H2,1H3. The largest absolute Gasteiger partial charge is 0.399 e. The van der Waals surface area contributed by atoms with Crippen LogP contribution < -0.4 is 10.5 Å². The minimum absolute atomic E-state index is 0.203. The van der Waals surface area contributed by atoms with Crippen LogP contribution in [-0.2, 0) is 10.0 Å². The highest BCUT2D eigenvalue weighted by atomic mass is 32.2. The highest BCUT2D eigenvalue weighted by molar-refractivity contribution is 7.89. The molecule has 0 amide bonds. The molecule has 1 aromatic carbocycles. The molecule has 0 spiro atoms. The van der Waals surface area contributed by atoms with E-state index in [4.69, 9.17) is 5.73 Å². The zero-order chi connectivity index (χ0) is 13.6. The van der Waals surface area contributed by atoms with E-state index in [1.807, 2.05) is 0 Å². The Hall–Kier alpha value is -1.14. The zero-order valence-corrected chi connectivity index (χ0v) is 11.3. The number of unbranched alkanes of at least 4 members (excludes halogenated alkanes) is 3. The third kappa shape index (κ3) is 4.27. The monoisotopic (exact) mass is 274 g/mol. The second-order valence-electron chi connectivity index (χ2n) is 4.15. The van der Waals surface area contributed by atoms with Gasteiger partial charge in [0.2, 0.25) is 10.0 Å². The van der Waals surface area contributed by atoms with Crippen molar-refractivity contribution in [2.75, 3.05) is 12.3 Å². The molecule has 0 saturated carbocycles. The average molecular weight is 274 g/mol. The Balaban J connectivity index is 2.63. The van der Waals surface area contributed by atoms with Crippen LogP contribution >= 0.6 is 0 Å². The Bertz CT molecular complexity index is 489. The van der Waals surface area contributed by atoms with Gasteiger partial charge >= 0.3 is 0 Å². The number of sulfonamides is 1. The molecule has 0 atom stereocenters. The first-order valence-electron chi connectivity index (χ1n) is 6.02. The molecular weight excluding hydrogens is 255 g/mol. The van der Waals surface area contributed by atoms with E-state index in [0.717, 1.165) is 31.7 Å². The number of halogens is 1. The lowest BCUT2D eigenvalue weighted by Crippen LogP contribution is -2.25. The van der Waals surface area contributed by atoms with E-state index >= 15 is 0 Å². The minimum atomic E-state index is -3.78. The molecule has 0 unspecified atom stereocenters. The summed E-state index contributed by atoms with van der Waals surface area (Å²) in [4.78, 5) is -0.354. The highest BCUT2D eigenvalue weighted by Crippen LogP contribution is 2.16. The van der Waals surface area contributed by atoms with Crippen LogP contribution in [0.15, 0.2) is 23.1 Å². The van der Waals surface area contributed by atoms with Crippen LogP contribution in [0.3, 0.4) is 0 Å². The second-order valence-corrected chi connectivity index (χ2v) is 5.88. The smallest absolute Gasteiger partial charge is 0.243 e. The van der Waals surface area contributed by atoms with Crippen molar-refractivity contribution in [3.05, 3.63) is 24.0 Å². The molecule has 1 aromatic rings. The third-order valence-corrected chi connectivity index (χ3v) is 4.06. The number of hydrogen-bond acceptors (Lipinski definition) is 3. The number of anilines is 1. The van der Waals surface area contributed by atoms with Gasteiger partial charge in [0, 0.05) is 12.2 Å². The van der Waals surface area contributed by atoms with Gasteiger partial charge in [0.15, 0.2) is 0 Å². The lowest BCUT2D eigenvalue weighted by molar-refractivity contribution is 0.553. The van der Waals surface area contributed by atoms with Gasteiger partial charge in [0.25, 0.3) is 0 Å². The van der Waals surface area contributed by atoms with Crippen LogP contribution in [0.2, 0.25) is 0 Å². The molecule has 0 fully saturated rings. The predicted molar refractivity (Wildman–Crippen MR) is 70.1 cm³/mol. The van der Waals surface area contributed by atoms with Crippen molar-refractivity contribution < 1.29 is 12.8 Å². The van der Waals surface area contributed by atoms with Crippen LogP contribution in [0.25, 0.3) is 0 Å². The summed E-state index contributed by atoms with van der Waals surface area (Å²) in [5.74, 6) is -0.823. The SMILES string of the molecule is CCCCCCNS(=O)(=O)c1ccc(N)cc1F. The zero-order valence-electron chi connectivity index (χ0n) is 10.4. The van der Waals surface area contributed by atoms with E-state index < -0.39 is 15.8 Å². The molecule has 0 radical (unpaired) electrons. The molecule has 0 aliphatic heterocycles. The van der Waals surface area contributed by atoms with Crippen molar-refractivity contribution in [1.82, 2.24) is 4.72 Å². The van der Waals surface area contributed by atoms with E-state index in [9.17, 15) is 12.8 Å². The first-order valence-corrected chi connectivity index (χ1v) is 7.50. The average Bonchev–Trinajstić information content (AvgIpc) is 2.28. The summed E-state index contributed by atoms with van der Waals surface area (Å²) in [5, 5.41) is 0. The number of rotatable bonds is 7. The first-order chi connectivity index (χ1) is 8.47. The van der Waals surface area contributed by atoms with Gasteiger partial charge in [-0.15, -0.1) is 0 Å². The van der Waals surface area contributed by atoms with E-state index in [0.29, 0.717) is 6.54 Å². The molecular formula is C12H19FN2O2S. The van der Waals surface area contributed by atoms with Crippen molar-refractivity contribution in [2.45, 2.75) is 37.5 Å². The molecule has 0 bridgehead atoms. The van der Waals surface area contributed by atoms with Gasteiger partial charge in [-0.1, -0.05) is 26.2 Å². The number of nitrogens with one attached hydrogen (secondary N) is 1. The molecule has 0 aromatic heterocycles. The Morgan fingerprint density at radius 3 is 2.61 bits per heavy atom. The lowest BCUT2D eigenvalue weighted by Gasteiger charge is -2.07. The highest BCUT2D eigenvalue weighted by Gasteiger charge is 2.18. The molecule has 0 saturated heterocycles. The summed E-state index contributed by atoms with van der Waals surface area (Å²) < 4.78 is 39.5. The van der Waals surface area contributed by atoms with E-state index in [1.165, 1.54) is 12.1 Å². The molecule has 18 heavy (non-hydrogen) atoms. The Labute approximate surface area is 107 Å². The summed E-state index contributed by atoms with van der Waals surface area (Å²) >= 11 is 0. The molecule has 6 heteroatoms. The third-order valence-electron chi connectivity index (χ3n) is 2.57. The van der Waals surface area contributed by atoms with Gasteiger partial charge < -0.3 is 5.73 Å². The van der Waals surface area contributed by atoms with E-state index in [2.05, 4.69) is 11.6 Å². The van der Waals surface area contributed by atoms with Gasteiger partial charge in [-0.05, 0) is 24.6 Å². The van der Waals surface area contributed by atoms with Crippen molar-refractivity contribution in [1.29, 1.82) is 0 Å². The molecule has 0 aliphatic rings. The number of benzene rings is 1. The maximum atomic E-state index is 13.5. The van der Waals surface area contributed by atoms with Crippen molar-refractivity contribution >= 4 is 15.7 Å². The van der Waals surface area contributed by atoms with Crippen LogP contribution in [-0.4, -0.2) is 15.0 Å². The van der Waals surface area contributed by atoms with Crippen LogP contribution in [0.1, 0.15) is 32.6 Å². The fourth-order valence-electron chi connectivity index (χ4n) is 1.57. The van der Waals surface area contributed by atoms with Gasteiger partial charge in [-0.25, -0.2) is 17.5 Å². The van der Waals surface area contributed by atoms with Crippen molar-refractivity contribution in [3.8, 4) is 0 Å². The maximum absolute atomic E-state index is 13.5. The summed E-state index contributed by atoms with van der Waals surface area (Å²) in [6.45, 7) is 2.40. The predicted octanol–water partition coefficient (Wildman–Crippen LogP) is 2.27. The van der Waals surface area contributed by atoms with Gasteiger partial charge in [0.1, 0.15) is 10.7 Å². The van der Waals surface area contributed by atoms with Gasteiger partial charge in [0.05, 0.1) is 0 Å². The van der Waals surface area contributed by atoms with Gasteiger partial charge in [-0.3, -0.25) is 0 Å². The molecule has 3 N–H and O–H groups in total. The number of hydrogen-bond donors (Lipinski definition) is 2. The molecule has 4 nitrogen and oxygen atoms in total. The summed E-state index contributed by atoms with van der Waals surface area (Å²) in [6.07, 6.45) is 3.87. The van der Waals surface area contributed by atoms with Crippen LogP contribution in [0.4, 0.5) is 10.1 Å². The maximum Gasteiger partial charge on any atom is 0.243 e. The molecule has 1 rings (SSSR count). The molecule has 102 valence electrons. The lowest BCUT2D eigenvalue weighted by atomic mass is 10.2. The number of nitrogens with two attached hydrogens (primary N) is 1. The summed E-state index contributed by atoms with van der Waals surface area (Å²) in [5.41, 5.74) is 5.57. The Morgan fingerprint density at radius 1 is 1.28 bits per heavy atom. The second kappa shape index (κ2) is 6.70. The minimum Gasteiger partial charge on any atom is -0.399 e. The van der Waals surface area contributed by atoms with E-state index in [-0.39, 0.29) is 10.6 Å². The fourth-order valence-corrected chi connectivity index (χ4v) is 2.70. The van der Waals surface area contributed by atoms with Crippen LogP contribution in [0, 0.1) is 5.82 Å². The summed E-state index contributed by atoms with van der Waals surface area (Å²) in [7, 11) is -3.78. The topological polar surface area (TPSA) is 72.2 Å². The quantitative estimate of drug-likeness (QED) is 0.592. The van der Waals surface area contributed by atoms with E-state index in [1.54, 1.807) is 0 Å². The molecule has 0 aliphatic carbocycles. The molecule has 0 heterocycles. The summed E-state index contributed by atoms with van der Waals surface area (Å²) in [6, 6.07) is 3.55. The Morgan fingerprint density at radius 2 is 2.00 bits per heavy atom. The number of nitrogen functional groups attached to an aromatic ring is 1. The van der Waals surface area contributed by atoms with Crippen LogP contribution in [0.5, 0.6) is 0 Å². The Kier molecular flexibility index (Phi) is 5.55. The normalized spacial score (nSPS) is 11.7. The first kappa shape index (κ1) is 14.9.